The van der Waals surface area contributed by atoms with Crippen molar-refractivity contribution in [3.05, 3.63) is 96.2 Å². The lowest BCUT2D eigenvalue weighted by Gasteiger charge is -2.14. The lowest BCUT2D eigenvalue weighted by atomic mass is 10.1. The summed E-state index contributed by atoms with van der Waals surface area (Å²) >= 11 is 0. The molecule has 174 valence electrons. The van der Waals surface area contributed by atoms with Gasteiger partial charge in [0.15, 0.2) is 6.10 Å². The first-order chi connectivity index (χ1) is 17.0. The van der Waals surface area contributed by atoms with Gasteiger partial charge < -0.3 is 14.8 Å². The van der Waals surface area contributed by atoms with Crippen molar-refractivity contribution in [3.63, 3.8) is 0 Å². The molecule has 1 heterocycles. The van der Waals surface area contributed by atoms with Crippen LogP contribution in [0.1, 0.15) is 22.8 Å². The lowest BCUT2D eigenvalue weighted by Crippen LogP contribution is -2.30. The molecule has 0 aliphatic heterocycles. The molecule has 0 saturated carbocycles. The highest BCUT2D eigenvalue weighted by Crippen LogP contribution is 2.32. The largest absolute Gasteiger partial charge is 0.496 e. The summed E-state index contributed by atoms with van der Waals surface area (Å²) in [5, 5.41) is 16.5. The van der Waals surface area contributed by atoms with Crippen LogP contribution >= 0.6 is 0 Å². The van der Waals surface area contributed by atoms with Crippen molar-refractivity contribution in [2.24, 2.45) is 0 Å². The minimum atomic E-state index is -1.13. The van der Waals surface area contributed by atoms with Gasteiger partial charge in [0.1, 0.15) is 23.1 Å². The molecule has 0 bridgehead atoms. The van der Waals surface area contributed by atoms with Crippen LogP contribution < -0.4 is 10.1 Å². The van der Waals surface area contributed by atoms with Crippen LogP contribution in [-0.2, 0) is 9.53 Å². The van der Waals surface area contributed by atoms with Crippen molar-refractivity contribution in [2.75, 3.05) is 12.4 Å². The van der Waals surface area contributed by atoms with E-state index in [-0.39, 0.29) is 5.56 Å². The Balaban J connectivity index is 1.64. The minimum Gasteiger partial charge on any atom is -0.496 e. The van der Waals surface area contributed by atoms with Crippen LogP contribution in [0.15, 0.2) is 85.1 Å². The molecule has 1 aromatic heterocycles. The van der Waals surface area contributed by atoms with Crippen molar-refractivity contribution < 1.29 is 19.1 Å². The van der Waals surface area contributed by atoms with Gasteiger partial charge >= 0.3 is 5.97 Å². The van der Waals surface area contributed by atoms with E-state index in [2.05, 4.69) is 10.4 Å². The van der Waals surface area contributed by atoms with Crippen LogP contribution in [0.3, 0.4) is 0 Å². The Hall–Kier alpha value is -4.90. The number of nitrogens with zero attached hydrogens (tertiary/aromatic N) is 3. The molecule has 0 spiro atoms. The number of ether oxygens (including phenoxy) is 2. The molecule has 0 aliphatic rings. The predicted octanol–water partition coefficient (Wildman–Crippen LogP) is 4.60. The van der Waals surface area contributed by atoms with Gasteiger partial charge in [-0.25, -0.2) is 9.48 Å². The van der Waals surface area contributed by atoms with Crippen molar-refractivity contribution >= 4 is 17.6 Å². The second kappa shape index (κ2) is 10.4. The zero-order valence-electron chi connectivity index (χ0n) is 19.1. The molecule has 1 atom stereocenters. The summed E-state index contributed by atoms with van der Waals surface area (Å²) < 4.78 is 12.5. The number of rotatable bonds is 7. The van der Waals surface area contributed by atoms with Crippen LogP contribution in [0.2, 0.25) is 0 Å². The maximum absolute atomic E-state index is 13.2. The number of anilines is 1. The van der Waals surface area contributed by atoms with Crippen molar-refractivity contribution in [1.29, 1.82) is 5.26 Å². The van der Waals surface area contributed by atoms with Gasteiger partial charge in [-0.1, -0.05) is 42.5 Å². The highest BCUT2D eigenvalue weighted by molar-refractivity contribution is 6.00. The molecule has 4 aromatic rings. The molecule has 1 N–H and O–H groups in total. The summed E-state index contributed by atoms with van der Waals surface area (Å²) in [6, 6.07) is 25.1. The minimum absolute atomic E-state index is 0.176. The summed E-state index contributed by atoms with van der Waals surface area (Å²) in [5.74, 6) is -0.738. The summed E-state index contributed by atoms with van der Waals surface area (Å²) in [4.78, 5) is 25.9. The molecule has 0 fully saturated rings. The maximum Gasteiger partial charge on any atom is 0.342 e. The van der Waals surface area contributed by atoms with Gasteiger partial charge in [-0.15, -0.1) is 0 Å². The number of nitrogens with one attached hydrogen (secondary N) is 1. The Bertz CT molecular complexity index is 1410. The normalized spacial score (nSPS) is 11.2. The average Bonchev–Trinajstić information content (AvgIpc) is 3.35. The van der Waals surface area contributed by atoms with E-state index >= 15 is 0 Å². The van der Waals surface area contributed by atoms with E-state index in [9.17, 15) is 14.9 Å². The summed E-state index contributed by atoms with van der Waals surface area (Å²) in [6.07, 6.45) is 0.439. The molecular formula is C27H22N4O4. The van der Waals surface area contributed by atoms with E-state index in [1.165, 1.54) is 14.0 Å². The molecule has 1 unspecified atom stereocenters. The Kier molecular flexibility index (Phi) is 6.88. The number of hydrogen-bond donors (Lipinski definition) is 1. The molecule has 0 radical (unpaired) electrons. The van der Waals surface area contributed by atoms with Crippen molar-refractivity contribution in [2.45, 2.75) is 13.0 Å². The number of carbonyl (C=O) groups excluding carboxylic acids is 2. The van der Waals surface area contributed by atoms with E-state index in [0.29, 0.717) is 28.3 Å². The molecule has 8 heteroatoms. The fourth-order valence-electron chi connectivity index (χ4n) is 3.48. The van der Waals surface area contributed by atoms with Gasteiger partial charge in [0, 0.05) is 11.8 Å². The number of esters is 1. The lowest BCUT2D eigenvalue weighted by molar-refractivity contribution is -0.123. The summed E-state index contributed by atoms with van der Waals surface area (Å²) in [7, 11) is 1.54. The Morgan fingerprint density at radius 1 is 1.00 bits per heavy atom. The number of nitriles is 1. The van der Waals surface area contributed by atoms with Gasteiger partial charge in [-0.05, 0) is 43.3 Å². The SMILES string of the molecule is COc1ccccc1-c1nn(-c2ccccc2)cc1C(=O)OC(C)C(=O)Nc1ccccc1C#N. The third-order valence-electron chi connectivity index (χ3n) is 5.28. The standard InChI is InChI=1S/C27H22N4O4/c1-18(26(32)29-23-14-8-6-10-19(23)16-28)35-27(33)22-17-31(20-11-4-3-5-12-20)30-25(22)21-13-7-9-15-24(21)34-2/h3-15,17-18H,1-2H3,(H,29,32). The second-order valence-corrected chi connectivity index (χ2v) is 7.57. The first-order valence-corrected chi connectivity index (χ1v) is 10.8. The maximum atomic E-state index is 13.2. The number of para-hydroxylation sites is 3. The zero-order valence-corrected chi connectivity index (χ0v) is 19.1. The van der Waals surface area contributed by atoms with E-state index in [4.69, 9.17) is 9.47 Å². The highest BCUT2D eigenvalue weighted by Gasteiger charge is 2.26. The smallest absolute Gasteiger partial charge is 0.342 e. The fourth-order valence-corrected chi connectivity index (χ4v) is 3.48. The second-order valence-electron chi connectivity index (χ2n) is 7.57. The Labute approximate surface area is 202 Å². The fraction of sp³-hybridized carbons (Fsp3) is 0.111. The van der Waals surface area contributed by atoms with E-state index in [1.54, 1.807) is 47.3 Å². The predicted molar refractivity (Wildman–Crippen MR) is 130 cm³/mol. The molecule has 0 aliphatic carbocycles. The molecule has 35 heavy (non-hydrogen) atoms. The highest BCUT2D eigenvalue weighted by atomic mass is 16.5. The molecule has 4 rings (SSSR count). The molecule has 8 nitrogen and oxygen atoms in total. The van der Waals surface area contributed by atoms with Crippen LogP contribution in [-0.4, -0.2) is 34.9 Å². The van der Waals surface area contributed by atoms with Gasteiger partial charge in [0.2, 0.25) is 0 Å². The number of methoxy groups -OCH3 is 1. The average molecular weight is 466 g/mol. The van der Waals surface area contributed by atoms with E-state index in [0.717, 1.165) is 5.69 Å². The summed E-state index contributed by atoms with van der Waals surface area (Å²) in [5.41, 5.74) is 2.55. The third kappa shape index (κ3) is 5.04. The molecule has 3 aromatic carbocycles. The first-order valence-electron chi connectivity index (χ1n) is 10.8. The zero-order chi connectivity index (χ0) is 24.8. The van der Waals surface area contributed by atoms with Gasteiger partial charge in [-0.3, -0.25) is 4.79 Å². The topological polar surface area (TPSA) is 106 Å². The number of hydrogen-bond acceptors (Lipinski definition) is 6. The first kappa shape index (κ1) is 23.3. The number of benzene rings is 3. The molecular weight excluding hydrogens is 444 g/mol. The number of carbonyl (C=O) groups is 2. The van der Waals surface area contributed by atoms with Crippen LogP contribution in [0.25, 0.3) is 16.9 Å². The van der Waals surface area contributed by atoms with Gasteiger partial charge in [-0.2, -0.15) is 10.4 Å². The van der Waals surface area contributed by atoms with Crippen LogP contribution in [0.4, 0.5) is 5.69 Å². The quantitative estimate of drug-likeness (QED) is 0.399. The van der Waals surface area contributed by atoms with E-state index in [1.807, 2.05) is 48.5 Å². The van der Waals surface area contributed by atoms with Crippen LogP contribution in [0, 0.1) is 11.3 Å². The molecule has 0 saturated heterocycles. The summed E-state index contributed by atoms with van der Waals surface area (Å²) in [6.45, 7) is 1.46. The monoisotopic (exact) mass is 466 g/mol. The Morgan fingerprint density at radius 2 is 1.69 bits per heavy atom. The third-order valence-corrected chi connectivity index (χ3v) is 5.28. The van der Waals surface area contributed by atoms with E-state index < -0.39 is 18.0 Å². The van der Waals surface area contributed by atoms with Gasteiger partial charge in [0.05, 0.1) is 24.0 Å². The van der Waals surface area contributed by atoms with Crippen LogP contribution in [0.5, 0.6) is 5.75 Å². The Morgan fingerprint density at radius 3 is 2.43 bits per heavy atom. The van der Waals surface area contributed by atoms with Gasteiger partial charge in [0.25, 0.3) is 5.91 Å². The molecule has 1 amide bonds. The number of aromatic nitrogens is 2. The van der Waals surface area contributed by atoms with Crippen molar-refractivity contribution in [1.82, 2.24) is 9.78 Å². The van der Waals surface area contributed by atoms with Crippen molar-refractivity contribution in [3.8, 4) is 28.8 Å². The number of amides is 1.